The number of aryl methyl sites for hydroxylation is 1. The topological polar surface area (TPSA) is 17.3 Å². The summed E-state index contributed by atoms with van der Waals surface area (Å²) in [6.45, 7) is 2.13. The number of hydrogen-bond acceptors (Lipinski definition) is 2. The van der Waals surface area contributed by atoms with Gasteiger partial charge in [-0.05, 0) is 37.5 Å². The molecule has 0 aliphatic heterocycles. The minimum atomic E-state index is 0.616. The fourth-order valence-corrected chi connectivity index (χ4v) is 3.62. The second kappa shape index (κ2) is 5.58. The van der Waals surface area contributed by atoms with Crippen molar-refractivity contribution in [2.75, 3.05) is 0 Å². The predicted octanol–water partition coefficient (Wildman–Crippen LogP) is 5.09. The van der Waals surface area contributed by atoms with E-state index in [1.165, 1.54) is 29.7 Å². The van der Waals surface area contributed by atoms with E-state index in [2.05, 4.69) is 53.3 Å². The summed E-state index contributed by atoms with van der Waals surface area (Å²) in [4.78, 5) is 5.95. The summed E-state index contributed by atoms with van der Waals surface area (Å²) in [5, 5.41) is 2.24. The second-order valence-electron chi connectivity index (χ2n) is 5.82. The van der Waals surface area contributed by atoms with Gasteiger partial charge in [-0.2, -0.15) is 0 Å². The number of hydrogen-bond donors (Lipinski definition) is 0. The lowest BCUT2D eigenvalue weighted by Gasteiger charge is -2.08. The van der Waals surface area contributed by atoms with Crippen molar-refractivity contribution < 1.29 is 0 Å². The highest BCUT2D eigenvalue weighted by Crippen LogP contribution is 2.38. The van der Waals surface area contributed by atoms with E-state index in [-0.39, 0.29) is 0 Å². The maximum absolute atomic E-state index is 4.85. The SMILES string of the molecule is Cc1ccc(-c2csc(=Nc3ccccc3)n2C2CC2)cc1. The van der Waals surface area contributed by atoms with E-state index in [1.807, 2.05) is 18.2 Å². The van der Waals surface area contributed by atoms with Crippen molar-refractivity contribution in [2.45, 2.75) is 25.8 Å². The van der Waals surface area contributed by atoms with Crippen LogP contribution in [0.4, 0.5) is 5.69 Å². The van der Waals surface area contributed by atoms with Crippen molar-refractivity contribution >= 4 is 17.0 Å². The molecule has 22 heavy (non-hydrogen) atoms. The van der Waals surface area contributed by atoms with E-state index < -0.39 is 0 Å². The molecule has 2 nitrogen and oxygen atoms in total. The average molecular weight is 306 g/mol. The van der Waals surface area contributed by atoms with Crippen LogP contribution in [0.2, 0.25) is 0 Å². The molecule has 110 valence electrons. The molecule has 1 aliphatic rings. The molecule has 1 fully saturated rings. The highest BCUT2D eigenvalue weighted by Gasteiger charge is 2.27. The van der Waals surface area contributed by atoms with Crippen LogP contribution in [0.15, 0.2) is 65.0 Å². The number of rotatable bonds is 3. The Balaban J connectivity index is 1.84. The maximum atomic E-state index is 4.85. The fourth-order valence-electron chi connectivity index (χ4n) is 2.64. The van der Waals surface area contributed by atoms with Crippen molar-refractivity contribution in [3.05, 3.63) is 70.3 Å². The fraction of sp³-hybridized carbons (Fsp3) is 0.211. The molecule has 0 N–H and O–H groups in total. The second-order valence-corrected chi connectivity index (χ2v) is 6.65. The Morgan fingerprint density at radius 2 is 1.73 bits per heavy atom. The molecule has 0 unspecified atom stereocenters. The molecular weight excluding hydrogens is 288 g/mol. The van der Waals surface area contributed by atoms with E-state index in [0.717, 1.165) is 10.5 Å². The third-order valence-electron chi connectivity index (χ3n) is 3.98. The van der Waals surface area contributed by atoms with Gasteiger partial charge in [0.1, 0.15) is 0 Å². The first-order valence-corrected chi connectivity index (χ1v) is 8.56. The Morgan fingerprint density at radius 1 is 1.00 bits per heavy atom. The first kappa shape index (κ1) is 13.5. The van der Waals surface area contributed by atoms with Crippen LogP contribution < -0.4 is 4.80 Å². The summed E-state index contributed by atoms with van der Waals surface area (Å²) in [5.41, 5.74) is 4.89. The molecule has 0 spiro atoms. The molecule has 3 aromatic rings. The van der Waals surface area contributed by atoms with Gasteiger partial charge in [-0.1, -0.05) is 48.0 Å². The standard InChI is InChI=1S/C19H18N2S/c1-14-7-9-15(10-8-14)18-13-22-19(21(18)17-11-12-17)20-16-5-3-2-4-6-16/h2-10,13,17H,11-12H2,1H3. The van der Waals surface area contributed by atoms with Gasteiger partial charge >= 0.3 is 0 Å². The number of benzene rings is 2. The van der Waals surface area contributed by atoms with Gasteiger partial charge in [0, 0.05) is 11.4 Å². The van der Waals surface area contributed by atoms with Crippen LogP contribution >= 0.6 is 11.3 Å². The molecule has 1 aromatic heterocycles. The smallest absolute Gasteiger partial charge is 0.190 e. The Bertz CT molecular complexity index is 837. The molecule has 0 amide bonds. The minimum Gasteiger partial charge on any atom is -0.313 e. The summed E-state index contributed by atoms with van der Waals surface area (Å²) in [5.74, 6) is 0. The first-order chi connectivity index (χ1) is 10.8. The van der Waals surface area contributed by atoms with Gasteiger partial charge in [-0.15, -0.1) is 11.3 Å². The summed E-state index contributed by atoms with van der Waals surface area (Å²) in [7, 11) is 0. The van der Waals surface area contributed by atoms with Crippen LogP contribution in [0.3, 0.4) is 0 Å². The molecule has 0 saturated heterocycles. The van der Waals surface area contributed by atoms with Crippen molar-refractivity contribution in [3.63, 3.8) is 0 Å². The lowest BCUT2D eigenvalue weighted by molar-refractivity contribution is 0.725. The maximum Gasteiger partial charge on any atom is 0.190 e. The average Bonchev–Trinajstić information content (AvgIpc) is 3.30. The monoisotopic (exact) mass is 306 g/mol. The van der Waals surface area contributed by atoms with Crippen LogP contribution in [0.1, 0.15) is 24.4 Å². The number of nitrogens with zero attached hydrogens (tertiary/aromatic N) is 2. The largest absolute Gasteiger partial charge is 0.313 e. The Kier molecular flexibility index (Phi) is 3.43. The van der Waals surface area contributed by atoms with E-state index in [4.69, 9.17) is 4.99 Å². The lowest BCUT2D eigenvalue weighted by atomic mass is 10.1. The minimum absolute atomic E-state index is 0.616. The van der Waals surface area contributed by atoms with Crippen molar-refractivity contribution in [1.29, 1.82) is 0 Å². The summed E-state index contributed by atoms with van der Waals surface area (Å²) in [6.07, 6.45) is 2.52. The Hall–Kier alpha value is -2.13. The number of para-hydroxylation sites is 1. The lowest BCUT2D eigenvalue weighted by Crippen LogP contribution is -2.14. The molecule has 0 bridgehead atoms. The van der Waals surface area contributed by atoms with Gasteiger partial charge in [-0.3, -0.25) is 0 Å². The van der Waals surface area contributed by atoms with Crippen LogP contribution in [-0.4, -0.2) is 4.57 Å². The molecule has 3 heteroatoms. The normalized spacial score (nSPS) is 15.2. The van der Waals surface area contributed by atoms with Crippen molar-refractivity contribution in [2.24, 2.45) is 4.99 Å². The van der Waals surface area contributed by atoms with Crippen LogP contribution in [0.25, 0.3) is 11.3 Å². The zero-order valence-corrected chi connectivity index (χ0v) is 13.4. The molecule has 0 radical (unpaired) electrons. The number of aromatic nitrogens is 1. The predicted molar refractivity (Wildman–Crippen MR) is 92.4 cm³/mol. The van der Waals surface area contributed by atoms with Gasteiger partial charge in [0.2, 0.25) is 0 Å². The van der Waals surface area contributed by atoms with E-state index >= 15 is 0 Å². The zero-order valence-electron chi connectivity index (χ0n) is 12.6. The van der Waals surface area contributed by atoms with Crippen LogP contribution in [0.5, 0.6) is 0 Å². The third-order valence-corrected chi connectivity index (χ3v) is 4.82. The third kappa shape index (κ3) is 2.64. The van der Waals surface area contributed by atoms with Crippen molar-refractivity contribution in [3.8, 4) is 11.3 Å². The molecule has 0 atom stereocenters. The van der Waals surface area contributed by atoms with E-state index in [0.29, 0.717) is 6.04 Å². The molecule has 4 rings (SSSR count). The van der Waals surface area contributed by atoms with Crippen LogP contribution in [0, 0.1) is 6.92 Å². The van der Waals surface area contributed by atoms with E-state index in [1.54, 1.807) is 11.3 Å². The molecule has 1 heterocycles. The summed E-state index contributed by atoms with van der Waals surface area (Å²) in [6, 6.07) is 19.6. The highest BCUT2D eigenvalue weighted by atomic mass is 32.1. The molecule has 1 saturated carbocycles. The molecular formula is C19H18N2S. The summed E-state index contributed by atoms with van der Waals surface area (Å²) >= 11 is 1.73. The zero-order chi connectivity index (χ0) is 14.9. The Labute approximate surface area is 134 Å². The Morgan fingerprint density at radius 3 is 2.41 bits per heavy atom. The van der Waals surface area contributed by atoms with E-state index in [9.17, 15) is 0 Å². The van der Waals surface area contributed by atoms with Gasteiger partial charge in [0.05, 0.1) is 11.4 Å². The quantitative estimate of drug-likeness (QED) is 0.641. The molecule has 2 aromatic carbocycles. The van der Waals surface area contributed by atoms with Gasteiger partial charge < -0.3 is 4.57 Å². The highest BCUT2D eigenvalue weighted by molar-refractivity contribution is 7.07. The van der Waals surface area contributed by atoms with Crippen molar-refractivity contribution in [1.82, 2.24) is 4.57 Å². The van der Waals surface area contributed by atoms with Crippen LogP contribution in [-0.2, 0) is 0 Å². The molecule has 1 aliphatic carbocycles. The summed E-state index contributed by atoms with van der Waals surface area (Å²) < 4.78 is 2.42. The number of thiazole rings is 1. The van der Waals surface area contributed by atoms with Gasteiger partial charge in [0.15, 0.2) is 4.80 Å². The first-order valence-electron chi connectivity index (χ1n) is 7.68. The van der Waals surface area contributed by atoms with Gasteiger partial charge in [-0.25, -0.2) is 4.99 Å². The van der Waals surface area contributed by atoms with Gasteiger partial charge in [0.25, 0.3) is 0 Å².